The number of aliphatic imine (C=N–C) groups is 1. The van der Waals surface area contributed by atoms with Crippen LogP contribution in [0.3, 0.4) is 0 Å². The molecule has 6 heterocycles. The van der Waals surface area contributed by atoms with Crippen LogP contribution in [0.4, 0.5) is 0 Å². The molecule has 4 N–H and O–H groups in total. The van der Waals surface area contributed by atoms with E-state index in [1.165, 1.54) is 20.2 Å². The van der Waals surface area contributed by atoms with Crippen molar-refractivity contribution in [1.82, 2.24) is 35.6 Å². The van der Waals surface area contributed by atoms with Crippen molar-refractivity contribution in [3.05, 3.63) is 139 Å². The smallest absolute Gasteiger partial charge is 0.287 e. The van der Waals surface area contributed by atoms with E-state index in [9.17, 15) is 24.3 Å². The van der Waals surface area contributed by atoms with E-state index in [4.69, 9.17) is 25.7 Å². The Morgan fingerprint density at radius 3 is 2.35 bits per heavy atom. The molecule has 0 spiro atoms. The average molecular weight is 1060 g/mol. The number of hydrogen-bond donors (Lipinski definition) is 4. The minimum absolute atomic E-state index is 0.00279. The molecule has 0 bridgehead atoms. The maximum atomic E-state index is 14.4. The predicted octanol–water partition coefficient (Wildman–Crippen LogP) is 9.68. The minimum Gasteiger partial charge on any atom is -0.490 e. The number of likely N-dealkylation sites (tertiary alicyclic amines) is 1. The molecule has 384 valence electrons. The number of fused-ring (bicyclic) bond motifs is 4. The van der Waals surface area contributed by atoms with Crippen molar-refractivity contribution in [3.63, 3.8) is 0 Å². The summed E-state index contributed by atoms with van der Waals surface area (Å²) >= 11 is 9.62. The molecule has 0 radical (unpaired) electrons. The van der Waals surface area contributed by atoms with E-state index >= 15 is 0 Å². The van der Waals surface area contributed by atoms with Gasteiger partial charge in [-0.2, -0.15) is 0 Å². The van der Waals surface area contributed by atoms with Crippen LogP contribution in [-0.4, -0.2) is 91.0 Å². The van der Waals surface area contributed by atoms with Crippen molar-refractivity contribution in [2.24, 2.45) is 10.4 Å². The maximum absolute atomic E-state index is 14.4. The number of β-amino-alcohol motifs (C(OH)–C–C–N with tert-alkyl or cyclic N) is 1. The lowest BCUT2D eigenvalue weighted by molar-refractivity contribution is -0.142. The minimum atomic E-state index is -1.06. The fraction of sp³-hybridized carbons (Fsp3) is 0.375. The number of ether oxygens (including phenoxy) is 1. The molecule has 2 aliphatic heterocycles. The second-order valence-electron chi connectivity index (χ2n) is 20.8. The van der Waals surface area contributed by atoms with Gasteiger partial charge in [0.1, 0.15) is 46.4 Å². The highest BCUT2D eigenvalue weighted by atomic mass is 35.5. The van der Waals surface area contributed by atoms with E-state index in [1.807, 2.05) is 87.7 Å². The number of amides is 4. The maximum Gasteiger partial charge on any atom is 0.287 e. The SMILES string of the molecule is Cc1ccsc1-c1ccc(C(C)NC(=O)[C@@H]2C[C@@H](O)CN2C(=O)[C@@H](NC(=O)c2cc3cc(OC4CC(NC(=O)CC5N=C(c6ccc(Cl)cc6)c6c(sc(C)c6C)-n6c(C)nnc65)C4)ccc3o2)C(C)(C)C)cc1. The van der Waals surface area contributed by atoms with Gasteiger partial charge in [0.2, 0.25) is 17.7 Å². The van der Waals surface area contributed by atoms with Crippen molar-refractivity contribution < 1.29 is 33.4 Å². The van der Waals surface area contributed by atoms with Gasteiger partial charge in [-0.1, -0.05) is 68.8 Å². The molecule has 15 nitrogen and oxygen atoms in total. The van der Waals surface area contributed by atoms with Crippen LogP contribution in [0.25, 0.3) is 26.4 Å². The zero-order valence-electron chi connectivity index (χ0n) is 42.5. The van der Waals surface area contributed by atoms with Gasteiger partial charge in [-0.25, -0.2) is 0 Å². The topological polar surface area (TPSA) is 193 Å². The first-order valence-electron chi connectivity index (χ1n) is 24.9. The Balaban J connectivity index is 0.754. The number of nitrogens with one attached hydrogen (secondary N) is 3. The third-order valence-electron chi connectivity index (χ3n) is 14.4. The first-order chi connectivity index (χ1) is 35.3. The van der Waals surface area contributed by atoms with Crippen LogP contribution in [0.15, 0.2) is 93.7 Å². The van der Waals surface area contributed by atoms with Crippen LogP contribution >= 0.6 is 34.3 Å². The monoisotopic (exact) mass is 1050 g/mol. The lowest BCUT2D eigenvalue weighted by atomic mass is 9.85. The number of aromatic nitrogens is 3. The van der Waals surface area contributed by atoms with E-state index in [0.717, 1.165) is 44.4 Å². The Bertz CT molecular complexity index is 3330. The molecule has 3 aliphatic rings. The van der Waals surface area contributed by atoms with Crippen LogP contribution in [-0.2, 0) is 14.4 Å². The number of rotatable bonds is 13. The number of nitrogens with zero attached hydrogens (tertiary/aromatic N) is 5. The van der Waals surface area contributed by atoms with E-state index < -0.39 is 41.5 Å². The number of furan rings is 1. The Labute approximate surface area is 442 Å². The fourth-order valence-electron chi connectivity index (χ4n) is 10.1. The molecule has 7 aromatic rings. The Morgan fingerprint density at radius 2 is 1.65 bits per heavy atom. The summed E-state index contributed by atoms with van der Waals surface area (Å²) in [4.78, 5) is 64.8. The number of hydrogen-bond acceptors (Lipinski definition) is 12. The Kier molecular flexibility index (Phi) is 13.9. The fourth-order valence-corrected chi connectivity index (χ4v) is 12.4. The number of thiophene rings is 2. The molecular weight excluding hydrogens is 996 g/mol. The van der Waals surface area contributed by atoms with Crippen LogP contribution in [0, 0.1) is 33.1 Å². The number of halogens is 1. The van der Waals surface area contributed by atoms with Gasteiger partial charge in [0, 0.05) is 63.1 Å². The van der Waals surface area contributed by atoms with Crippen molar-refractivity contribution in [2.45, 2.75) is 123 Å². The standard InChI is InChI=1S/C56H59ClN8O7S2/c1-28-19-20-73-49(28)35-11-9-33(10-12-35)30(3)58-52(68)43-25-39(66)27-64(43)54(70)50(56(6,7)8)61-53(69)45-22-36-21-40(17-18-44(36)72-45)71-41-23-38(24-41)59-46(67)26-42-51-63-62-32(5)65(51)55-47(29(2)31(4)74-55)48(60-42)34-13-15-37(57)16-14-34/h9-22,30,38-39,41-43,50,66H,23-27H2,1-8H3,(H,58,68)(H,59,67)(H,61,69)/t30?,38?,39-,41?,42?,43+,50-/m1/s1. The van der Waals surface area contributed by atoms with Crippen molar-refractivity contribution in [1.29, 1.82) is 0 Å². The highest BCUT2D eigenvalue weighted by Gasteiger charge is 2.45. The lowest BCUT2D eigenvalue weighted by Gasteiger charge is -2.36. The largest absolute Gasteiger partial charge is 0.490 e. The van der Waals surface area contributed by atoms with Crippen LogP contribution in [0.5, 0.6) is 5.75 Å². The van der Waals surface area contributed by atoms with E-state index in [0.29, 0.717) is 40.4 Å². The molecule has 1 saturated carbocycles. The van der Waals surface area contributed by atoms with Crippen LogP contribution in [0.2, 0.25) is 5.02 Å². The third-order valence-corrected chi connectivity index (χ3v) is 16.9. The Hall–Kier alpha value is -6.66. The third kappa shape index (κ3) is 10.1. The number of aliphatic hydroxyl groups is 1. The first kappa shape index (κ1) is 50.9. The molecule has 4 aromatic heterocycles. The van der Waals surface area contributed by atoms with E-state index in [1.54, 1.807) is 46.9 Å². The number of carbonyl (C=O) groups excluding carboxylic acids is 4. The van der Waals surface area contributed by atoms with E-state index in [-0.39, 0.29) is 55.1 Å². The molecule has 3 aromatic carbocycles. The van der Waals surface area contributed by atoms with Gasteiger partial charge < -0.3 is 35.1 Å². The second kappa shape index (κ2) is 20.2. The van der Waals surface area contributed by atoms with Gasteiger partial charge in [0.25, 0.3) is 5.91 Å². The van der Waals surface area contributed by atoms with Crippen LogP contribution in [0.1, 0.15) is 120 Å². The zero-order chi connectivity index (χ0) is 52.3. The molecule has 10 rings (SSSR count). The van der Waals surface area contributed by atoms with Crippen molar-refractivity contribution >= 4 is 74.6 Å². The van der Waals surface area contributed by atoms with E-state index in [2.05, 4.69) is 58.4 Å². The molecule has 1 saturated heterocycles. The molecule has 18 heteroatoms. The molecular formula is C56H59ClN8O7S2. The molecule has 1 aliphatic carbocycles. The molecule has 4 amide bonds. The summed E-state index contributed by atoms with van der Waals surface area (Å²) in [6, 6.07) is 21.6. The number of aryl methyl sites for hydroxylation is 3. The second-order valence-corrected chi connectivity index (χ2v) is 23.4. The van der Waals surface area contributed by atoms with Gasteiger partial charge in [0.15, 0.2) is 11.6 Å². The van der Waals surface area contributed by atoms with Crippen LogP contribution < -0.4 is 20.7 Å². The molecule has 74 heavy (non-hydrogen) atoms. The van der Waals surface area contributed by atoms with Gasteiger partial charge in [-0.3, -0.25) is 28.7 Å². The number of aliphatic hydroxyl groups excluding tert-OH is 1. The van der Waals surface area contributed by atoms with Gasteiger partial charge in [-0.15, -0.1) is 32.9 Å². The number of carbonyl (C=O) groups is 4. The van der Waals surface area contributed by atoms with Gasteiger partial charge in [-0.05, 0) is 110 Å². The van der Waals surface area contributed by atoms with Crippen molar-refractivity contribution in [2.75, 3.05) is 6.54 Å². The summed E-state index contributed by atoms with van der Waals surface area (Å²) in [5.74, 6) is 0.305. The first-order valence-corrected chi connectivity index (χ1v) is 27.0. The van der Waals surface area contributed by atoms with Gasteiger partial charge in [0.05, 0.1) is 24.3 Å². The number of benzene rings is 3. The molecule has 2 unspecified atom stereocenters. The predicted molar refractivity (Wildman–Crippen MR) is 288 cm³/mol. The Morgan fingerprint density at radius 1 is 0.919 bits per heavy atom. The highest BCUT2D eigenvalue weighted by Crippen LogP contribution is 2.40. The quantitative estimate of drug-likeness (QED) is 0.0870. The lowest BCUT2D eigenvalue weighted by Crippen LogP contribution is -2.57. The summed E-state index contributed by atoms with van der Waals surface area (Å²) in [7, 11) is 0. The summed E-state index contributed by atoms with van der Waals surface area (Å²) in [6.45, 7) is 15.5. The van der Waals surface area contributed by atoms with Crippen molar-refractivity contribution in [3.8, 4) is 21.2 Å². The normalized spacial score (nSPS) is 20.2. The summed E-state index contributed by atoms with van der Waals surface area (Å²) in [5, 5.41) is 33.2. The van der Waals surface area contributed by atoms with Gasteiger partial charge >= 0.3 is 0 Å². The summed E-state index contributed by atoms with van der Waals surface area (Å²) in [6.07, 6.45) is 0.275. The molecule has 5 atom stereocenters. The summed E-state index contributed by atoms with van der Waals surface area (Å²) < 4.78 is 14.4. The summed E-state index contributed by atoms with van der Waals surface area (Å²) in [5.41, 5.74) is 6.69. The average Bonchev–Trinajstić information content (AvgIpc) is 4.19. The molecule has 2 fully saturated rings. The highest BCUT2D eigenvalue weighted by molar-refractivity contribution is 7.15. The zero-order valence-corrected chi connectivity index (χ0v) is 44.9.